The van der Waals surface area contributed by atoms with Crippen LogP contribution in [0.25, 0.3) is 0 Å². The van der Waals surface area contributed by atoms with E-state index < -0.39 is 0 Å². The minimum Gasteiger partial charge on any atom is -0.366 e. The van der Waals surface area contributed by atoms with Crippen LogP contribution in [-0.2, 0) is 20.1 Å². The Morgan fingerprint density at radius 1 is 1.47 bits per heavy atom. The number of hydrogen-bond acceptors (Lipinski definition) is 4. The summed E-state index contributed by atoms with van der Waals surface area (Å²) >= 11 is 1.54. The van der Waals surface area contributed by atoms with Crippen molar-refractivity contribution in [3.63, 3.8) is 0 Å². The maximum atomic E-state index is 11.0. The Hall–Kier alpha value is -1.66. The van der Waals surface area contributed by atoms with E-state index in [-0.39, 0.29) is 5.91 Å². The van der Waals surface area contributed by atoms with Gasteiger partial charge in [-0.15, -0.1) is 11.3 Å². The third-order valence-electron chi connectivity index (χ3n) is 3.20. The molecule has 2 aromatic heterocycles. The van der Waals surface area contributed by atoms with Gasteiger partial charge in [0.1, 0.15) is 0 Å². The topological polar surface area (TPSA) is 72.9 Å². The minimum absolute atomic E-state index is 0.374. The zero-order chi connectivity index (χ0) is 14.0. The van der Waals surface area contributed by atoms with Gasteiger partial charge in [0.25, 0.3) is 0 Å². The van der Waals surface area contributed by atoms with E-state index >= 15 is 0 Å². The van der Waals surface area contributed by atoms with Gasteiger partial charge in [-0.25, -0.2) is 0 Å². The number of primary amides is 1. The molecule has 0 aliphatic rings. The average Bonchev–Trinajstić information content (AvgIpc) is 2.90. The van der Waals surface area contributed by atoms with Gasteiger partial charge in [0.15, 0.2) is 0 Å². The molecule has 0 aliphatic carbocycles. The Labute approximate surface area is 116 Å². The fourth-order valence-electron chi connectivity index (χ4n) is 1.99. The Balaban J connectivity index is 1.94. The summed E-state index contributed by atoms with van der Waals surface area (Å²) < 4.78 is 1.89. The molecule has 2 heterocycles. The number of aryl methyl sites for hydroxylation is 2. The summed E-state index contributed by atoms with van der Waals surface area (Å²) in [6.45, 7) is 5.58. The molecule has 5 nitrogen and oxygen atoms in total. The molecule has 0 radical (unpaired) electrons. The van der Waals surface area contributed by atoms with Crippen molar-refractivity contribution in [2.45, 2.75) is 26.9 Å². The minimum atomic E-state index is -0.374. The third kappa shape index (κ3) is 3.02. The molecule has 0 saturated heterocycles. The predicted molar refractivity (Wildman–Crippen MR) is 76.1 cm³/mol. The van der Waals surface area contributed by atoms with Gasteiger partial charge in [0, 0.05) is 41.7 Å². The average molecular weight is 278 g/mol. The quantitative estimate of drug-likeness (QED) is 0.870. The second kappa shape index (κ2) is 5.54. The molecule has 0 atom stereocenters. The van der Waals surface area contributed by atoms with Gasteiger partial charge in [-0.05, 0) is 19.9 Å². The molecule has 0 aromatic carbocycles. The zero-order valence-electron chi connectivity index (χ0n) is 11.4. The Morgan fingerprint density at radius 3 is 2.74 bits per heavy atom. The monoisotopic (exact) mass is 278 g/mol. The molecule has 2 rings (SSSR count). The first-order chi connectivity index (χ1) is 8.99. The van der Waals surface area contributed by atoms with Crippen molar-refractivity contribution in [1.29, 1.82) is 0 Å². The lowest BCUT2D eigenvalue weighted by molar-refractivity contribution is 0.100. The van der Waals surface area contributed by atoms with Crippen molar-refractivity contribution in [3.05, 3.63) is 38.8 Å². The zero-order valence-corrected chi connectivity index (χ0v) is 12.2. The van der Waals surface area contributed by atoms with Crippen LogP contribution in [0.5, 0.6) is 0 Å². The van der Waals surface area contributed by atoms with Crippen LogP contribution in [0, 0.1) is 13.8 Å². The van der Waals surface area contributed by atoms with Crippen molar-refractivity contribution in [2.24, 2.45) is 12.8 Å². The number of nitrogens with zero attached hydrogens (tertiary/aromatic N) is 2. The van der Waals surface area contributed by atoms with E-state index in [0.29, 0.717) is 5.56 Å². The molecule has 0 fully saturated rings. The van der Waals surface area contributed by atoms with Crippen LogP contribution in [0.15, 0.2) is 11.4 Å². The molecule has 0 spiro atoms. The van der Waals surface area contributed by atoms with Crippen molar-refractivity contribution in [2.75, 3.05) is 0 Å². The predicted octanol–water partition coefficient (Wildman–Crippen LogP) is 1.49. The van der Waals surface area contributed by atoms with Crippen molar-refractivity contribution < 1.29 is 4.79 Å². The molecule has 0 aliphatic heterocycles. The standard InChI is InChI=1S/C13H18N4OS/c1-8-12(9(2)17(3)16-8)6-15-5-11-4-10(7-19-11)13(14)18/h4,7,15H,5-6H2,1-3H3,(H2,14,18). The van der Waals surface area contributed by atoms with Crippen molar-refractivity contribution in [1.82, 2.24) is 15.1 Å². The molecule has 3 N–H and O–H groups in total. The molecular weight excluding hydrogens is 260 g/mol. The molecule has 0 saturated carbocycles. The highest BCUT2D eigenvalue weighted by molar-refractivity contribution is 7.10. The van der Waals surface area contributed by atoms with Gasteiger partial charge in [-0.1, -0.05) is 0 Å². The van der Waals surface area contributed by atoms with Crippen LogP contribution in [0.1, 0.15) is 32.2 Å². The Bertz CT molecular complexity index is 600. The maximum Gasteiger partial charge on any atom is 0.249 e. The van der Waals surface area contributed by atoms with E-state index in [1.165, 1.54) is 11.3 Å². The number of thiophene rings is 1. The number of nitrogens with two attached hydrogens (primary N) is 1. The molecule has 2 aromatic rings. The molecule has 0 bridgehead atoms. The van der Waals surface area contributed by atoms with E-state index in [1.54, 1.807) is 16.7 Å². The van der Waals surface area contributed by atoms with E-state index in [0.717, 1.165) is 23.7 Å². The lowest BCUT2D eigenvalue weighted by Crippen LogP contribution is -2.13. The van der Waals surface area contributed by atoms with Crippen LogP contribution in [0.4, 0.5) is 0 Å². The lowest BCUT2D eigenvalue weighted by Gasteiger charge is -2.04. The van der Waals surface area contributed by atoms with Crippen LogP contribution in [-0.4, -0.2) is 15.7 Å². The van der Waals surface area contributed by atoms with Crippen molar-refractivity contribution in [3.8, 4) is 0 Å². The number of carbonyl (C=O) groups is 1. The highest BCUT2D eigenvalue weighted by Gasteiger charge is 2.09. The highest BCUT2D eigenvalue weighted by Crippen LogP contribution is 2.15. The van der Waals surface area contributed by atoms with E-state index in [1.807, 2.05) is 24.7 Å². The van der Waals surface area contributed by atoms with Crippen molar-refractivity contribution >= 4 is 17.2 Å². The van der Waals surface area contributed by atoms with E-state index in [2.05, 4.69) is 17.3 Å². The smallest absolute Gasteiger partial charge is 0.249 e. The van der Waals surface area contributed by atoms with Crippen LogP contribution in [0.3, 0.4) is 0 Å². The number of rotatable bonds is 5. The van der Waals surface area contributed by atoms with Crippen LogP contribution in [0.2, 0.25) is 0 Å². The maximum absolute atomic E-state index is 11.0. The van der Waals surface area contributed by atoms with E-state index in [4.69, 9.17) is 5.73 Å². The summed E-state index contributed by atoms with van der Waals surface area (Å²) in [5, 5.41) is 9.54. The molecular formula is C13H18N4OS. The lowest BCUT2D eigenvalue weighted by atomic mass is 10.2. The summed E-state index contributed by atoms with van der Waals surface area (Å²) in [6, 6.07) is 1.84. The SMILES string of the molecule is Cc1nn(C)c(C)c1CNCc1cc(C(N)=O)cs1. The summed E-state index contributed by atoms with van der Waals surface area (Å²) in [7, 11) is 1.95. The first kappa shape index (κ1) is 13.8. The molecule has 0 unspecified atom stereocenters. The third-order valence-corrected chi connectivity index (χ3v) is 4.13. The van der Waals surface area contributed by atoms with Gasteiger partial charge < -0.3 is 11.1 Å². The van der Waals surface area contributed by atoms with Crippen LogP contribution >= 0.6 is 11.3 Å². The van der Waals surface area contributed by atoms with Crippen LogP contribution < -0.4 is 11.1 Å². The van der Waals surface area contributed by atoms with Gasteiger partial charge >= 0.3 is 0 Å². The number of hydrogen-bond donors (Lipinski definition) is 2. The van der Waals surface area contributed by atoms with Gasteiger partial charge in [-0.2, -0.15) is 5.10 Å². The van der Waals surface area contributed by atoms with Gasteiger partial charge in [0.2, 0.25) is 5.91 Å². The fraction of sp³-hybridized carbons (Fsp3) is 0.385. The molecule has 19 heavy (non-hydrogen) atoms. The molecule has 102 valence electrons. The van der Waals surface area contributed by atoms with Gasteiger partial charge in [0.05, 0.1) is 11.3 Å². The Morgan fingerprint density at radius 2 is 2.21 bits per heavy atom. The second-order valence-electron chi connectivity index (χ2n) is 4.54. The summed E-state index contributed by atoms with van der Waals surface area (Å²) in [5.74, 6) is -0.374. The number of aromatic nitrogens is 2. The number of nitrogens with one attached hydrogen (secondary N) is 1. The Kier molecular flexibility index (Phi) is 4.01. The summed E-state index contributed by atoms with van der Waals surface area (Å²) in [6.07, 6.45) is 0. The number of amides is 1. The molecule has 6 heteroatoms. The fourth-order valence-corrected chi connectivity index (χ4v) is 2.83. The highest BCUT2D eigenvalue weighted by atomic mass is 32.1. The first-order valence-corrected chi connectivity index (χ1v) is 6.94. The summed E-state index contributed by atoms with van der Waals surface area (Å²) in [5.41, 5.74) is 9.26. The van der Waals surface area contributed by atoms with E-state index in [9.17, 15) is 4.79 Å². The molecule has 1 amide bonds. The van der Waals surface area contributed by atoms with Gasteiger partial charge in [-0.3, -0.25) is 9.48 Å². The normalized spacial score (nSPS) is 10.9. The number of carbonyl (C=O) groups excluding carboxylic acids is 1. The second-order valence-corrected chi connectivity index (χ2v) is 5.54. The summed E-state index contributed by atoms with van der Waals surface area (Å²) in [4.78, 5) is 12.1. The first-order valence-electron chi connectivity index (χ1n) is 6.06. The largest absolute Gasteiger partial charge is 0.366 e.